The van der Waals surface area contributed by atoms with E-state index in [-0.39, 0.29) is 36.5 Å². The number of amides is 2. The summed E-state index contributed by atoms with van der Waals surface area (Å²) in [5, 5.41) is 2.90. The van der Waals surface area contributed by atoms with Crippen LogP contribution in [0.15, 0.2) is 36.4 Å². The molecule has 1 saturated heterocycles. The standard InChI is InChI=1S/C21H22F2N2O3/c1-12-4-7-19(28-3)16(8-12)13(2)24-21(27)14-9-20(26)25(11-14)18-6-5-15(22)10-17(18)23/h4-8,10,13-14H,9,11H2,1-3H3,(H,24,27). The smallest absolute Gasteiger partial charge is 0.227 e. The number of halogens is 2. The van der Waals surface area contributed by atoms with Crippen LogP contribution in [-0.2, 0) is 9.59 Å². The van der Waals surface area contributed by atoms with Crippen LogP contribution in [0.25, 0.3) is 0 Å². The van der Waals surface area contributed by atoms with Crippen LogP contribution in [0, 0.1) is 24.5 Å². The number of benzene rings is 2. The van der Waals surface area contributed by atoms with Gasteiger partial charge < -0.3 is 15.0 Å². The van der Waals surface area contributed by atoms with Crippen LogP contribution >= 0.6 is 0 Å². The van der Waals surface area contributed by atoms with Crippen molar-refractivity contribution >= 4 is 17.5 Å². The number of hydrogen-bond acceptors (Lipinski definition) is 3. The van der Waals surface area contributed by atoms with Crippen LogP contribution in [0.1, 0.15) is 30.5 Å². The molecule has 0 bridgehead atoms. The van der Waals surface area contributed by atoms with Crippen LogP contribution < -0.4 is 15.0 Å². The monoisotopic (exact) mass is 388 g/mol. The van der Waals surface area contributed by atoms with Gasteiger partial charge in [0.05, 0.1) is 24.8 Å². The van der Waals surface area contributed by atoms with Crippen molar-refractivity contribution in [1.29, 1.82) is 0 Å². The van der Waals surface area contributed by atoms with Gasteiger partial charge >= 0.3 is 0 Å². The number of nitrogens with one attached hydrogen (secondary N) is 1. The third kappa shape index (κ3) is 3.98. The first kappa shape index (κ1) is 19.8. The van der Waals surface area contributed by atoms with Gasteiger partial charge in [-0.3, -0.25) is 9.59 Å². The van der Waals surface area contributed by atoms with Gasteiger partial charge in [0.15, 0.2) is 0 Å². The summed E-state index contributed by atoms with van der Waals surface area (Å²) < 4.78 is 32.5. The zero-order chi connectivity index (χ0) is 20.4. The van der Waals surface area contributed by atoms with Crippen molar-refractivity contribution < 1.29 is 23.1 Å². The summed E-state index contributed by atoms with van der Waals surface area (Å²) in [5.41, 5.74) is 1.85. The van der Waals surface area contributed by atoms with Crippen molar-refractivity contribution in [1.82, 2.24) is 5.32 Å². The fourth-order valence-corrected chi connectivity index (χ4v) is 3.42. The second-order valence-corrected chi connectivity index (χ2v) is 6.98. The highest BCUT2D eigenvalue weighted by Crippen LogP contribution is 2.30. The fraction of sp³-hybridized carbons (Fsp3) is 0.333. The Morgan fingerprint density at radius 1 is 1.25 bits per heavy atom. The zero-order valence-corrected chi connectivity index (χ0v) is 16.0. The molecule has 0 saturated carbocycles. The molecule has 1 aliphatic rings. The third-order valence-electron chi connectivity index (χ3n) is 4.91. The quantitative estimate of drug-likeness (QED) is 0.853. The normalized spacial score (nSPS) is 17.5. The van der Waals surface area contributed by atoms with Crippen molar-refractivity contribution in [2.75, 3.05) is 18.6 Å². The highest BCUT2D eigenvalue weighted by Gasteiger charge is 2.36. The van der Waals surface area contributed by atoms with E-state index < -0.39 is 17.6 Å². The number of rotatable bonds is 5. The molecule has 1 aliphatic heterocycles. The Morgan fingerprint density at radius 2 is 2.00 bits per heavy atom. The zero-order valence-electron chi connectivity index (χ0n) is 16.0. The van der Waals surface area contributed by atoms with Gasteiger partial charge in [0.2, 0.25) is 11.8 Å². The molecule has 148 valence electrons. The van der Waals surface area contributed by atoms with Gasteiger partial charge in [-0.15, -0.1) is 0 Å². The van der Waals surface area contributed by atoms with E-state index in [0.717, 1.165) is 23.3 Å². The van der Waals surface area contributed by atoms with Crippen LogP contribution in [-0.4, -0.2) is 25.5 Å². The maximum Gasteiger partial charge on any atom is 0.227 e. The summed E-state index contributed by atoms with van der Waals surface area (Å²) in [6, 6.07) is 8.39. The average Bonchev–Trinajstić information content (AvgIpc) is 3.03. The first-order chi connectivity index (χ1) is 13.3. The van der Waals surface area contributed by atoms with Crippen molar-refractivity contribution in [3.8, 4) is 5.75 Å². The maximum absolute atomic E-state index is 14.0. The van der Waals surface area contributed by atoms with E-state index in [4.69, 9.17) is 4.74 Å². The number of carbonyl (C=O) groups is 2. The molecule has 28 heavy (non-hydrogen) atoms. The van der Waals surface area contributed by atoms with E-state index in [2.05, 4.69) is 5.32 Å². The Kier molecular flexibility index (Phi) is 5.63. The van der Waals surface area contributed by atoms with Gasteiger partial charge in [0.25, 0.3) is 0 Å². The lowest BCUT2D eigenvalue weighted by atomic mass is 10.0. The minimum Gasteiger partial charge on any atom is -0.496 e. The highest BCUT2D eigenvalue weighted by atomic mass is 19.1. The van der Waals surface area contributed by atoms with E-state index in [1.54, 1.807) is 7.11 Å². The molecular weight excluding hydrogens is 366 g/mol. The molecule has 2 unspecified atom stereocenters. The third-order valence-corrected chi connectivity index (χ3v) is 4.91. The molecule has 2 amide bonds. The average molecular weight is 388 g/mol. The van der Waals surface area contributed by atoms with E-state index in [1.807, 2.05) is 32.0 Å². The lowest BCUT2D eigenvalue weighted by Crippen LogP contribution is -2.34. The first-order valence-electron chi connectivity index (χ1n) is 9.00. The molecule has 1 N–H and O–H groups in total. The predicted octanol–water partition coefficient (Wildman–Crippen LogP) is 3.51. The topological polar surface area (TPSA) is 58.6 Å². The van der Waals surface area contributed by atoms with Gasteiger partial charge in [-0.2, -0.15) is 0 Å². The van der Waals surface area contributed by atoms with Gasteiger partial charge in [0, 0.05) is 24.6 Å². The number of methoxy groups -OCH3 is 1. The largest absolute Gasteiger partial charge is 0.496 e. The fourth-order valence-electron chi connectivity index (χ4n) is 3.42. The molecular formula is C21H22F2N2O3. The molecule has 2 aromatic carbocycles. The second kappa shape index (κ2) is 7.96. The minimum atomic E-state index is -0.827. The van der Waals surface area contributed by atoms with Crippen LogP contribution in [0.5, 0.6) is 5.75 Å². The molecule has 0 aromatic heterocycles. The Hall–Kier alpha value is -2.96. The van der Waals surface area contributed by atoms with Gasteiger partial charge in [0.1, 0.15) is 17.4 Å². The van der Waals surface area contributed by atoms with Crippen molar-refractivity contribution in [2.24, 2.45) is 5.92 Å². The molecule has 2 atom stereocenters. The van der Waals surface area contributed by atoms with Crippen molar-refractivity contribution in [3.63, 3.8) is 0 Å². The predicted molar refractivity (Wildman–Crippen MR) is 101 cm³/mol. The summed E-state index contributed by atoms with van der Waals surface area (Å²) in [6.07, 6.45) is -0.0275. The summed E-state index contributed by atoms with van der Waals surface area (Å²) in [6.45, 7) is 3.83. The maximum atomic E-state index is 14.0. The Morgan fingerprint density at radius 3 is 2.68 bits per heavy atom. The summed E-state index contributed by atoms with van der Waals surface area (Å²) >= 11 is 0. The molecule has 5 nitrogen and oxygen atoms in total. The van der Waals surface area contributed by atoms with Crippen LogP contribution in [0.3, 0.4) is 0 Å². The van der Waals surface area contributed by atoms with E-state index >= 15 is 0 Å². The first-order valence-corrected chi connectivity index (χ1v) is 9.00. The van der Waals surface area contributed by atoms with Crippen LogP contribution in [0.4, 0.5) is 14.5 Å². The number of ether oxygens (including phenoxy) is 1. The SMILES string of the molecule is COc1ccc(C)cc1C(C)NC(=O)C1CC(=O)N(c2ccc(F)cc2F)C1. The number of hydrogen-bond donors (Lipinski definition) is 1. The number of aryl methyl sites for hydroxylation is 1. The van der Waals surface area contributed by atoms with E-state index in [1.165, 1.54) is 11.0 Å². The summed E-state index contributed by atoms with van der Waals surface area (Å²) in [7, 11) is 1.56. The summed E-state index contributed by atoms with van der Waals surface area (Å²) in [4.78, 5) is 26.2. The van der Waals surface area contributed by atoms with Crippen LogP contribution in [0.2, 0.25) is 0 Å². The second-order valence-electron chi connectivity index (χ2n) is 6.98. The molecule has 0 spiro atoms. The molecule has 3 rings (SSSR count). The van der Waals surface area contributed by atoms with Gasteiger partial charge in [-0.05, 0) is 32.0 Å². The number of carbonyl (C=O) groups excluding carboxylic acids is 2. The minimum absolute atomic E-state index is 0.0184. The molecule has 0 radical (unpaired) electrons. The Balaban J connectivity index is 1.72. The molecule has 7 heteroatoms. The Bertz CT molecular complexity index is 917. The number of nitrogens with zero attached hydrogens (tertiary/aromatic N) is 1. The molecule has 1 fully saturated rings. The van der Waals surface area contributed by atoms with Gasteiger partial charge in [-0.25, -0.2) is 8.78 Å². The van der Waals surface area contributed by atoms with E-state index in [0.29, 0.717) is 5.75 Å². The lowest BCUT2D eigenvalue weighted by molar-refractivity contribution is -0.126. The number of anilines is 1. The van der Waals surface area contributed by atoms with Gasteiger partial charge in [-0.1, -0.05) is 17.7 Å². The highest BCUT2D eigenvalue weighted by molar-refractivity contribution is 6.00. The van der Waals surface area contributed by atoms with Crippen molar-refractivity contribution in [3.05, 3.63) is 59.2 Å². The Labute approximate surface area is 162 Å². The van der Waals surface area contributed by atoms with E-state index in [9.17, 15) is 18.4 Å². The lowest BCUT2D eigenvalue weighted by Gasteiger charge is -2.20. The molecule has 0 aliphatic carbocycles. The molecule has 2 aromatic rings. The summed E-state index contributed by atoms with van der Waals surface area (Å²) in [5.74, 6) is -2.16. The molecule has 1 heterocycles. The van der Waals surface area contributed by atoms with Crippen molar-refractivity contribution in [2.45, 2.75) is 26.3 Å².